The summed E-state index contributed by atoms with van der Waals surface area (Å²) in [6.07, 6.45) is -1.03. The predicted molar refractivity (Wildman–Crippen MR) is 37.6 cm³/mol. The molecule has 6 nitrogen and oxygen atoms in total. The summed E-state index contributed by atoms with van der Waals surface area (Å²) in [6.45, 7) is 0. The molecule has 1 saturated heterocycles. The Morgan fingerprint density at radius 3 is 2.55 bits per heavy atom. The molecule has 11 heavy (non-hydrogen) atoms. The molecule has 1 heterocycles. The topological polar surface area (TPSA) is 103 Å². The average molecular weight is 177 g/mol. The standard InChI is InChI=1S/C4H7N3O3S/c5-7-6-3-1-11(9,10)2-4(3)8/h3-4,8H,1-2H2. The Labute approximate surface area is 63.4 Å². The highest BCUT2D eigenvalue weighted by atomic mass is 32.2. The van der Waals surface area contributed by atoms with Crippen LogP contribution in [0, 0.1) is 0 Å². The molecule has 2 atom stereocenters. The second-order valence-electron chi connectivity index (χ2n) is 2.42. The Bertz CT molecular complexity index is 292. The average Bonchev–Trinajstić information content (AvgIpc) is 2.07. The summed E-state index contributed by atoms with van der Waals surface area (Å²) in [4.78, 5) is 2.43. The van der Waals surface area contributed by atoms with Gasteiger partial charge in [-0.3, -0.25) is 0 Å². The van der Waals surface area contributed by atoms with Crippen LogP contribution in [0.5, 0.6) is 0 Å². The maximum Gasteiger partial charge on any atom is 0.153 e. The summed E-state index contributed by atoms with van der Waals surface area (Å²) >= 11 is 0. The van der Waals surface area contributed by atoms with Crippen LogP contribution in [0.3, 0.4) is 0 Å². The van der Waals surface area contributed by atoms with Crippen molar-refractivity contribution in [2.24, 2.45) is 5.11 Å². The minimum Gasteiger partial charge on any atom is -0.392 e. The molecule has 0 aromatic rings. The zero-order valence-electron chi connectivity index (χ0n) is 5.58. The van der Waals surface area contributed by atoms with Crippen molar-refractivity contribution in [3.63, 3.8) is 0 Å². The predicted octanol–water partition coefficient (Wildman–Crippen LogP) is -0.545. The smallest absolute Gasteiger partial charge is 0.153 e. The van der Waals surface area contributed by atoms with E-state index >= 15 is 0 Å². The van der Waals surface area contributed by atoms with Crippen LogP contribution in [0.2, 0.25) is 0 Å². The number of rotatable bonds is 1. The van der Waals surface area contributed by atoms with Crippen LogP contribution in [0.25, 0.3) is 10.4 Å². The summed E-state index contributed by atoms with van der Waals surface area (Å²) in [7, 11) is -3.18. The summed E-state index contributed by atoms with van der Waals surface area (Å²) in [6, 6.07) is -0.801. The van der Waals surface area contributed by atoms with Gasteiger partial charge in [0.25, 0.3) is 0 Å². The second kappa shape index (κ2) is 2.69. The van der Waals surface area contributed by atoms with Crippen molar-refractivity contribution in [1.29, 1.82) is 0 Å². The van der Waals surface area contributed by atoms with Crippen molar-refractivity contribution >= 4 is 9.84 Å². The van der Waals surface area contributed by atoms with Gasteiger partial charge in [0.05, 0.1) is 23.7 Å². The number of sulfone groups is 1. The van der Waals surface area contributed by atoms with Crippen LogP contribution in [0.1, 0.15) is 0 Å². The highest BCUT2D eigenvalue weighted by Crippen LogP contribution is 2.15. The van der Waals surface area contributed by atoms with E-state index in [0.717, 1.165) is 0 Å². The van der Waals surface area contributed by atoms with Crippen LogP contribution in [-0.2, 0) is 9.84 Å². The van der Waals surface area contributed by atoms with Crippen molar-refractivity contribution in [3.05, 3.63) is 10.4 Å². The van der Waals surface area contributed by atoms with E-state index in [0.29, 0.717) is 0 Å². The second-order valence-corrected chi connectivity index (χ2v) is 4.57. The highest BCUT2D eigenvalue weighted by molar-refractivity contribution is 7.91. The van der Waals surface area contributed by atoms with E-state index in [1.807, 2.05) is 0 Å². The molecule has 62 valence electrons. The van der Waals surface area contributed by atoms with Gasteiger partial charge in [-0.2, -0.15) is 0 Å². The molecule has 0 aromatic heterocycles. The van der Waals surface area contributed by atoms with Crippen molar-refractivity contribution in [3.8, 4) is 0 Å². The van der Waals surface area contributed by atoms with Gasteiger partial charge in [-0.1, -0.05) is 5.11 Å². The first kappa shape index (κ1) is 8.32. The van der Waals surface area contributed by atoms with Gasteiger partial charge in [-0.25, -0.2) is 8.42 Å². The third-order valence-corrected chi connectivity index (χ3v) is 3.19. The molecule has 1 aliphatic rings. The Morgan fingerprint density at radius 2 is 2.18 bits per heavy atom. The number of aliphatic hydroxyl groups is 1. The number of hydrogen-bond acceptors (Lipinski definition) is 4. The molecule has 2 unspecified atom stereocenters. The largest absolute Gasteiger partial charge is 0.392 e. The van der Waals surface area contributed by atoms with Gasteiger partial charge >= 0.3 is 0 Å². The zero-order valence-corrected chi connectivity index (χ0v) is 6.40. The van der Waals surface area contributed by atoms with Gasteiger partial charge in [0.2, 0.25) is 0 Å². The lowest BCUT2D eigenvalue weighted by Gasteiger charge is -2.01. The van der Waals surface area contributed by atoms with Crippen LogP contribution < -0.4 is 0 Å². The molecule has 0 radical (unpaired) electrons. The van der Waals surface area contributed by atoms with E-state index in [1.54, 1.807) is 0 Å². The number of nitrogens with zero attached hydrogens (tertiary/aromatic N) is 3. The number of hydrogen-bond donors (Lipinski definition) is 1. The molecule has 0 aromatic carbocycles. The van der Waals surface area contributed by atoms with Crippen molar-refractivity contribution in [2.75, 3.05) is 11.5 Å². The Morgan fingerprint density at radius 1 is 1.55 bits per heavy atom. The molecule has 1 rings (SSSR count). The fourth-order valence-electron chi connectivity index (χ4n) is 0.987. The van der Waals surface area contributed by atoms with E-state index < -0.39 is 22.0 Å². The summed E-state index contributed by atoms with van der Waals surface area (Å²) < 4.78 is 21.6. The Balaban J connectivity index is 2.82. The number of aliphatic hydroxyl groups excluding tert-OH is 1. The minimum atomic E-state index is -3.18. The first-order valence-electron chi connectivity index (χ1n) is 2.98. The quantitative estimate of drug-likeness (QED) is 0.330. The van der Waals surface area contributed by atoms with Crippen LogP contribution >= 0.6 is 0 Å². The van der Waals surface area contributed by atoms with Gasteiger partial charge in [0.15, 0.2) is 9.84 Å². The van der Waals surface area contributed by atoms with Gasteiger partial charge in [0.1, 0.15) is 0 Å². The monoisotopic (exact) mass is 177 g/mol. The molecular weight excluding hydrogens is 170 g/mol. The maximum atomic E-state index is 10.8. The molecular formula is C4H7N3O3S. The zero-order chi connectivity index (χ0) is 8.48. The van der Waals surface area contributed by atoms with Crippen LogP contribution in [0.15, 0.2) is 5.11 Å². The van der Waals surface area contributed by atoms with E-state index in [2.05, 4.69) is 10.0 Å². The maximum absolute atomic E-state index is 10.8. The van der Waals surface area contributed by atoms with Crippen molar-refractivity contribution in [1.82, 2.24) is 0 Å². The van der Waals surface area contributed by atoms with Crippen molar-refractivity contribution < 1.29 is 13.5 Å². The van der Waals surface area contributed by atoms with Crippen LogP contribution in [0.4, 0.5) is 0 Å². The molecule has 0 spiro atoms. The van der Waals surface area contributed by atoms with Gasteiger partial charge < -0.3 is 5.11 Å². The molecule has 0 amide bonds. The molecule has 1 aliphatic heterocycles. The molecule has 0 aliphatic carbocycles. The molecule has 0 bridgehead atoms. The van der Waals surface area contributed by atoms with E-state index in [4.69, 9.17) is 10.6 Å². The van der Waals surface area contributed by atoms with Gasteiger partial charge in [-0.05, 0) is 5.53 Å². The fourth-order valence-corrected chi connectivity index (χ4v) is 2.67. The highest BCUT2D eigenvalue weighted by Gasteiger charge is 2.35. The third-order valence-electron chi connectivity index (χ3n) is 1.49. The lowest BCUT2D eigenvalue weighted by Crippen LogP contribution is -2.20. The lowest BCUT2D eigenvalue weighted by atomic mass is 10.2. The molecule has 7 heteroatoms. The van der Waals surface area contributed by atoms with E-state index in [1.165, 1.54) is 0 Å². The summed E-state index contributed by atoms with van der Waals surface area (Å²) in [5.74, 6) is -0.533. The van der Waals surface area contributed by atoms with E-state index in [9.17, 15) is 8.42 Å². The van der Waals surface area contributed by atoms with Gasteiger partial charge in [-0.15, -0.1) is 0 Å². The summed E-state index contributed by atoms with van der Waals surface area (Å²) in [5.41, 5.74) is 7.97. The Kier molecular flexibility index (Phi) is 2.03. The normalized spacial score (nSPS) is 34.6. The van der Waals surface area contributed by atoms with Crippen molar-refractivity contribution in [2.45, 2.75) is 12.1 Å². The third kappa shape index (κ3) is 1.83. The van der Waals surface area contributed by atoms with E-state index in [-0.39, 0.29) is 11.5 Å². The first-order valence-corrected chi connectivity index (χ1v) is 4.80. The summed E-state index contributed by atoms with van der Waals surface area (Å²) in [5, 5.41) is 12.2. The molecule has 0 saturated carbocycles. The molecule has 1 N–H and O–H groups in total. The van der Waals surface area contributed by atoms with Crippen LogP contribution in [-0.4, -0.2) is 37.2 Å². The molecule has 1 fully saturated rings. The minimum absolute atomic E-state index is 0.238. The number of azide groups is 1. The van der Waals surface area contributed by atoms with Gasteiger partial charge in [0, 0.05) is 4.91 Å². The SMILES string of the molecule is [N-]=[N+]=NC1CS(=O)(=O)CC1O. The lowest BCUT2D eigenvalue weighted by molar-refractivity contribution is 0.183. The Hall–Kier alpha value is -0.780. The fraction of sp³-hybridized carbons (Fsp3) is 1.00. The first-order chi connectivity index (χ1) is 5.05.